The van der Waals surface area contributed by atoms with Crippen LogP contribution in [0.1, 0.15) is 31.7 Å². The molecule has 0 aliphatic carbocycles. The molecule has 0 spiro atoms. The molecule has 0 saturated heterocycles. The number of nitrogens with zero attached hydrogens (tertiary/aromatic N) is 1. The molecule has 1 aromatic rings. The van der Waals surface area contributed by atoms with Gasteiger partial charge in [-0.05, 0) is 12.3 Å². The normalized spacial score (nSPS) is 10.6. The van der Waals surface area contributed by atoms with Crippen molar-refractivity contribution in [2.45, 2.75) is 26.2 Å². The lowest BCUT2D eigenvalue weighted by Gasteiger charge is -1.94. The second-order valence-corrected chi connectivity index (χ2v) is 3.22. The maximum absolute atomic E-state index is 8.82. The quantitative estimate of drug-likeness (QED) is 0.263. The Bertz CT molecular complexity index is 371. The lowest BCUT2D eigenvalue weighted by atomic mass is 10.1. The molecule has 2 heteroatoms. The maximum Gasteiger partial charge on any atom is 0.159 e. The molecule has 0 aliphatic heterocycles. The van der Waals surface area contributed by atoms with Gasteiger partial charge in [0.05, 0.1) is 0 Å². The number of oxime groups is 1. The molecule has 0 atom stereocenters. The summed E-state index contributed by atoms with van der Waals surface area (Å²) in [4.78, 5) is 0. The average molecular weight is 201 g/mol. The lowest BCUT2D eigenvalue weighted by molar-refractivity contribution is 0.320. The third kappa shape index (κ3) is 3.86. The molecule has 0 amide bonds. The Morgan fingerprint density at radius 3 is 2.67 bits per heavy atom. The van der Waals surface area contributed by atoms with Crippen molar-refractivity contribution in [3.8, 4) is 11.8 Å². The summed E-state index contributed by atoms with van der Waals surface area (Å²) in [6, 6.07) is 9.47. The van der Waals surface area contributed by atoms with Gasteiger partial charge in [-0.2, -0.15) is 0 Å². The second kappa shape index (κ2) is 6.67. The van der Waals surface area contributed by atoms with Crippen molar-refractivity contribution in [1.82, 2.24) is 0 Å². The first-order valence-corrected chi connectivity index (χ1v) is 5.14. The molecule has 0 radical (unpaired) electrons. The highest BCUT2D eigenvalue weighted by Crippen LogP contribution is 2.00. The Kier molecular flexibility index (Phi) is 5.03. The SMILES string of the molecule is CCCCC#C/C(=N/O)c1ccccc1. The molecule has 0 aromatic heterocycles. The highest BCUT2D eigenvalue weighted by atomic mass is 16.4. The Hall–Kier alpha value is -1.75. The van der Waals surface area contributed by atoms with E-state index in [2.05, 4.69) is 23.9 Å². The molecule has 0 bridgehead atoms. The zero-order valence-electron chi connectivity index (χ0n) is 8.90. The predicted molar refractivity (Wildman–Crippen MR) is 62.1 cm³/mol. The van der Waals surface area contributed by atoms with E-state index in [1.165, 1.54) is 0 Å². The molecule has 1 rings (SSSR count). The lowest BCUT2D eigenvalue weighted by Crippen LogP contribution is -1.96. The monoisotopic (exact) mass is 201 g/mol. The van der Waals surface area contributed by atoms with Gasteiger partial charge in [0.1, 0.15) is 0 Å². The maximum atomic E-state index is 8.82. The van der Waals surface area contributed by atoms with Gasteiger partial charge in [-0.3, -0.25) is 0 Å². The van der Waals surface area contributed by atoms with Gasteiger partial charge in [0.2, 0.25) is 0 Å². The molecule has 15 heavy (non-hydrogen) atoms. The van der Waals surface area contributed by atoms with Crippen molar-refractivity contribution in [2.24, 2.45) is 5.16 Å². The van der Waals surface area contributed by atoms with Crippen LogP contribution in [0.3, 0.4) is 0 Å². The van der Waals surface area contributed by atoms with Gasteiger partial charge in [-0.15, -0.1) is 0 Å². The van der Waals surface area contributed by atoms with Crippen LogP contribution in [0.15, 0.2) is 35.5 Å². The molecule has 0 unspecified atom stereocenters. The first-order chi connectivity index (χ1) is 7.38. The minimum Gasteiger partial charge on any atom is -0.410 e. The summed E-state index contributed by atoms with van der Waals surface area (Å²) < 4.78 is 0. The molecule has 0 fully saturated rings. The summed E-state index contributed by atoms with van der Waals surface area (Å²) in [7, 11) is 0. The van der Waals surface area contributed by atoms with E-state index in [1.807, 2.05) is 30.3 Å². The Morgan fingerprint density at radius 2 is 2.07 bits per heavy atom. The van der Waals surface area contributed by atoms with Crippen LogP contribution in [0.4, 0.5) is 0 Å². The van der Waals surface area contributed by atoms with Crippen LogP contribution in [-0.4, -0.2) is 10.9 Å². The Balaban J connectivity index is 2.69. The van der Waals surface area contributed by atoms with Crippen LogP contribution in [0, 0.1) is 11.8 Å². The molecule has 1 aromatic carbocycles. The molecule has 0 aliphatic rings. The van der Waals surface area contributed by atoms with Crippen LogP contribution in [0.5, 0.6) is 0 Å². The zero-order valence-corrected chi connectivity index (χ0v) is 8.90. The zero-order chi connectivity index (χ0) is 10.9. The molecule has 0 saturated carbocycles. The van der Waals surface area contributed by atoms with Gasteiger partial charge in [0.15, 0.2) is 5.71 Å². The standard InChI is InChI=1S/C13H15NO/c1-2-3-4-8-11-13(14-15)12-9-6-5-7-10-12/h5-7,9-10,15H,2-4H2,1H3/b14-13-. The van der Waals surface area contributed by atoms with E-state index in [-0.39, 0.29) is 0 Å². The fourth-order valence-corrected chi connectivity index (χ4v) is 1.16. The van der Waals surface area contributed by atoms with Crippen molar-refractivity contribution >= 4 is 5.71 Å². The number of rotatable bonds is 3. The third-order valence-corrected chi connectivity index (χ3v) is 2.01. The van der Waals surface area contributed by atoms with Crippen molar-refractivity contribution in [1.29, 1.82) is 0 Å². The van der Waals surface area contributed by atoms with Crippen molar-refractivity contribution in [3.05, 3.63) is 35.9 Å². The fraction of sp³-hybridized carbons (Fsp3) is 0.308. The van der Waals surface area contributed by atoms with Gasteiger partial charge >= 0.3 is 0 Å². The van der Waals surface area contributed by atoms with Crippen LogP contribution in [0.2, 0.25) is 0 Å². The van der Waals surface area contributed by atoms with E-state index < -0.39 is 0 Å². The van der Waals surface area contributed by atoms with Gasteiger partial charge in [0, 0.05) is 12.0 Å². The molecular weight excluding hydrogens is 186 g/mol. The molecular formula is C13H15NO. The van der Waals surface area contributed by atoms with Crippen LogP contribution in [-0.2, 0) is 0 Å². The highest BCUT2D eigenvalue weighted by molar-refractivity contribution is 6.12. The summed E-state index contributed by atoms with van der Waals surface area (Å²) in [5.41, 5.74) is 1.29. The minimum atomic E-state index is 0.437. The summed E-state index contributed by atoms with van der Waals surface area (Å²) in [6.45, 7) is 2.12. The largest absolute Gasteiger partial charge is 0.410 e. The van der Waals surface area contributed by atoms with Crippen molar-refractivity contribution in [3.63, 3.8) is 0 Å². The molecule has 78 valence electrons. The molecule has 0 heterocycles. The van der Waals surface area contributed by atoms with E-state index in [4.69, 9.17) is 5.21 Å². The van der Waals surface area contributed by atoms with E-state index >= 15 is 0 Å². The van der Waals surface area contributed by atoms with Crippen LogP contribution in [0.25, 0.3) is 0 Å². The first-order valence-electron chi connectivity index (χ1n) is 5.14. The Morgan fingerprint density at radius 1 is 1.33 bits per heavy atom. The minimum absolute atomic E-state index is 0.437. The van der Waals surface area contributed by atoms with Gasteiger partial charge in [-0.25, -0.2) is 0 Å². The third-order valence-electron chi connectivity index (χ3n) is 2.01. The number of unbranched alkanes of at least 4 members (excludes halogenated alkanes) is 2. The van der Waals surface area contributed by atoms with E-state index in [9.17, 15) is 0 Å². The van der Waals surface area contributed by atoms with Gasteiger partial charge in [-0.1, -0.05) is 54.8 Å². The van der Waals surface area contributed by atoms with Crippen molar-refractivity contribution in [2.75, 3.05) is 0 Å². The van der Waals surface area contributed by atoms with E-state index in [1.54, 1.807) is 0 Å². The second-order valence-electron chi connectivity index (χ2n) is 3.22. The van der Waals surface area contributed by atoms with Crippen LogP contribution >= 0.6 is 0 Å². The van der Waals surface area contributed by atoms with Crippen molar-refractivity contribution < 1.29 is 5.21 Å². The number of benzene rings is 1. The average Bonchev–Trinajstić information content (AvgIpc) is 2.30. The summed E-state index contributed by atoms with van der Waals surface area (Å²) in [5.74, 6) is 5.87. The summed E-state index contributed by atoms with van der Waals surface area (Å²) in [6.07, 6.45) is 3.06. The summed E-state index contributed by atoms with van der Waals surface area (Å²) >= 11 is 0. The summed E-state index contributed by atoms with van der Waals surface area (Å²) in [5, 5.41) is 12.0. The van der Waals surface area contributed by atoms with E-state index in [0.717, 1.165) is 24.8 Å². The molecule has 1 N–H and O–H groups in total. The van der Waals surface area contributed by atoms with E-state index in [0.29, 0.717) is 5.71 Å². The Labute approximate surface area is 90.6 Å². The number of hydrogen-bond acceptors (Lipinski definition) is 2. The molecule has 2 nitrogen and oxygen atoms in total. The smallest absolute Gasteiger partial charge is 0.159 e. The topological polar surface area (TPSA) is 32.6 Å². The fourth-order valence-electron chi connectivity index (χ4n) is 1.16. The van der Waals surface area contributed by atoms with Crippen LogP contribution < -0.4 is 0 Å². The first kappa shape index (κ1) is 11.3. The van der Waals surface area contributed by atoms with Gasteiger partial charge in [0.25, 0.3) is 0 Å². The predicted octanol–water partition coefficient (Wildman–Crippen LogP) is 3.06. The van der Waals surface area contributed by atoms with Gasteiger partial charge < -0.3 is 5.21 Å². The number of hydrogen-bond donors (Lipinski definition) is 1. The highest BCUT2D eigenvalue weighted by Gasteiger charge is 1.97.